The average Bonchev–Trinajstić information content (AvgIpc) is 2.95. The van der Waals surface area contributed by atoms with Crippen LogP contribution in [0.25, 0.3) is 0 Å². The summed E-state index contributed by atoms with van der Waals surface area (Å²) in [7, 11) is -1.37. The van der Waals surface area contributed by atoms with Gasteiger partial charge in [0.2, 0.25) is 11.8 Å². The third-order valence-corrected chi connectivity index (χ3v) is 8.64. The maximum Gasteiger partial charge on any atom is 0.264 e. The molecule has 226 valence electrons. The molecule has 0 spiro atoms. The molecule has 3 rings (SSSR count). The molecule has 0 aliphatic heterocycles. The molecule has 1 N–H and O–H groups in total. The van der Waals surface area contributed by atoms with Crippen LogP contribution in [-0.2, 0) is 26.2 Å². The molecule has 0 saturated carbocycles. The number of nitrogens with one attached hydrogen (secondary N) is 1. The first-order valence-electron chi connectivity index (χ1n) is 13.9. The zero-order valence-corrected chi connectivity index (χ0v) is 26.2. The van der Waals surface area contributed by atoms with Crippen molar-refractivity contribution >= 4 is 27.5 Å². The summed E-state index contributed by atoms with van der Waals surface area (Å²) in [6.07, 6.45) is 0.744. The van der Waals surface area contributed by atoms with Gasteiger partial charge < -0.3 is 19.7 Å². The Morgan fingerprint density at radius 2 is 1.55 bits per heavy atom. The van der Waals surface area contributed by atoms with Crippen LogP contribution in [0.5, 0.6) is 11.5 Å². The number of nitrogens with zero attached hydrogens (tertiary/aromatic N) is 2. The molecule has 0 aliphatic rings. The molecule has 0 unspecified atom stereocenters. The van der Waals surface area contributed by atoms with E-state index in [0.29, 0.717) is 18.0 Å². The third kappa shape index (κ3) is 7.82. The highest BCUT2D eigenvalue weighted by Crippen LogP contribution is 2.33. The maximum absolute atomic E-state index is 14.2. The number of sulfonamides is 1. The van der Waals surface area contributed by atoms with Crippen LogP contribution in [0.2, 0.25) is 0 Å². The van der Waals surface area contributed by atoms with E-state index in [4.69, 9.17) is 9.47 Å². The number of ether oxygens (including phenoxy) is 2. The number of carbonyl (C=O) groups is 2. The van der Waals surface area contributed by atoms with Gasteiger partial charge in [-0.15, -0.1) is 0 Å². The molecule has 0 radical (unpaired) electrons. The lowest BCUT2D eigenvalue weighted by Crippen LogP contribution is -2.51. The maximum atomic E-state index is 14.2. The summed E-state index contributed by atoms with van der Waals surface area (Å²) in [6.45, 7) is 9.37. The quantitative estimate of drug-likeness (QED) is 0.305. The minimum absolute atomic E-state index is 0.0638. The van der Waals surface area contributed by atoms with E-state index < -0.39 is 28.5 Å². The Kier molecular flexibility index (Phi) is 11.0. The van der Waals surface area contributed by atoms with Crippen LogP contribution in [0.1, 0.15) is 42.5 Å². The van der Waals surface area contributed by atoms with E-state index >= 15 is 0 Å². The zero-order valence-electron chi connectivity index (χ0n) is 25.4. The number of rotatable bonds is 13. The summed E-state index contributed by atoms with van der Waals surface area (Å²) < 4.78 is 40.2. The van der Waals surface area contributed by atoms with Crippen molar-refractivity contribution in [1.29, 1.82) is 0 Å². The van der Waals surface area contributed by atoms with Gasteiger partial charge in [-0.1, -0.05) is 42.8 Å². The Balaban J connectivity index is 2.10. The molecule has 42 heavy (non-hydrogen) atoms. The van der Waals surface area contributed by atoms with Crippen LogP contribution in [0.3, 0.4) is 0 Å². The first-order valence-corrected chi connectivity index (χ1v) is 15.3. The minimum Gasteiger partial charge on any atom is -0.493 e. The van der Waals surface area contributed by atoms with E-state index in [-0.39, 0.29) is 23.1 Å². The van der Waals surface area contributed by atoms with E-state index in [1.165, 1.54) is 37.3 Å². The van der Waals surface area contributed by atoms with E-state index in [1.807, 2.05) is 58.0 Å². The largest absolute Gasteiger partial charge is 0.493 e. The summed E-state index contributed by atoms with van der Waals surface area (Å²) in [6, 6.07) is 16.5. The standard InChI is InChI=1S/C32H41N3O6S/c1-8-14-33-32(37)25(5)34(20-26-11-9-10-22(2)16-26)31(36)21-35(27-17-23(3)15-24(4)18-27)42(38,39)28-12-13-29(40-6)30(19-28)41-7/h9-13,15-19,25H,8,14,20-21H2,1-7H3,(H,33,37)/t25-/m0/s1. The fraction of sp³-hybridized carbons (Fsp3) is 0.375. The van der Waals surface area contributed by atoms with E-state index in [2.05, 4.69) is 5.32 Å². The molecule has 0 aromatic heterocycles. The van der Waals surface area contributed by atoms with Crippen LogP contribution < -0.4 is 19.1 Å². The van der Waals surface area contributed by atoms with Crippen molar-refractivity contribution < 1.29 is 27.5 Å². The number of hydrogen-bond donors (Lipinski definition) is 1. The molecule has 0 saturated heterocycles. The average molecular weight is 596 g/mol. The van der Waals surface area contributed by atoms with Gasteiger partial charge in [-0.25, -0.2) is 8.42 Å². The lowest BCUT2D eigenvalue weighted by atomic mass is 10.1. The molecule has 9 nitrogen and oxygen atoms in total. The molecular formula is C32H41N3O6S. The summed E-state index contributed by atoms with van der Waals surface area (Å²) in [5.74, 6) is -0.202. The summed E-state index contributed by atoms with van der Waals surface area (Å²) in [5, 5.41) is 2.85. The Labute approximate surface area is 249 Å². The van der Waals surface area contributed by atoms with Gasteiger partial charge in [0, 0.05) is 19.2 Å². The topological polar surface area (TPSA) is 105 Å². The van der Waals surface area contributed by atoms with Gasteiger partial charge in [0.25, 0.3) is 10.0 Å². The normalized spacial score (nSPS) is 11.9. The second kappa shape index (κ2) is 14.2. The predicted octanol–water partition coefficient (Wildman–Crippen LogP) is 4.77. The third-order valence-electron chi connectivity index (χ3n) is 6.87. The smallest absolute Gasteiger partial charge is 0.264 e. The first-order chi connectivity index (χ1) is 19.9. The van der Waals surface area contributed by atoms with Gasteiger partial charge >= 0.3 is 0 Å². The number of anilines is 1. The van der Waals surface area contributed by atoms with Crippen molar-refractivity contribution in [2.24, 2.45) is 0 Å². The van der Waals surface area contributed by atoms with Crippen LogP contribution in [-0.4, -0.2) is 58.5 Å². The number of hydrogen-bond acceptors (Lipinski definition) is 6. The van der Waals surface area contributed by atoms with Gasteiger partial charge in [0.15, 0.2) is 11.5 Å². The van der Waals surface area contributed by atoms with Gasteiger partial charge in [0.05, 0.1) is 24.8 Å². The minimum atomic E-state index is -4.26. The summed E-state index contributed by atoms with van der Waals surface area (Å²) in [5.41, 5.74) is 3.87. The highest BCUT2D eigenvalue weighted by Gasteiger charge is 2.33. The van der Waals surface area contributed by atoms with Gasteiger partial charge in [-0.3, -0.25) is 13.9 Å². The number of amides is 2. The van der Waals surface area contributed by atoms with Crippen molar-refractivity contribution in [2.75, 3.05) is 31.6 Å². The van der Waals surface area contributed by atoms with Gasteiger partial charge in [-0.05, 0) is 75.1 Å². The van der Waals surface area contributed by atoms with Crippen molar-refractivity contribution in [3.05, 3.63) is 82.9 Å². The number of methoxy groups -OCH3 is 2. The molecule has 3 aromatic rings. The molecule has 0 heterocycles. The molecule has 10 heteroatoms. The number of carbonyl (C=O) groups excluding carboxylic acids is 2. The number of benzene rings is 3. The van der Waals surface area contributed by atoms with Crippen LogP contribution >= 0.6 is 0 Å². The van der Waals surface area contributed by atoms with Crippen molar-refractivity contribution in [1.82, 2.24) is 10.2 Å². The van der Waals surface area contributed by atoms with Crippen LogP contribution in [0, 0.1) is 20.8 Å². The molecule has 0 bridgehead atoms. The van der Waals surface area contributed by atoms with E-state index in [1.54, 1.807) is 19.1 Å². The monoisotopic (exact) mass is 595 g/mol. The second-order valence-electron chi connectivity index (χ2n) is 10.4. The van der Waals surface area contributed by atoms with E-state index in [9.17, 15) is 18.0 Å². The SMILES string of the molecule is CCCNC(=O)[C@H](C)N(Cc1cccc(C)c1)C(=O)CN(c1cc(C)cc(C)c1)S(=O)(=O)c1ccc(OC)c(OC)c1. The number of aryl methyl sites for hydroxylation is 3. The van der Waals surface area contributed by atoms with Crippen molar-refractivity contribution in [2.45, 2.75) is 58.5 Å². The Morgan fingerprint density at radius 1 is 0.881 bits per heavy atom. The van der Waals surface area contributed by atoms with Gasteiger partial charge in [-0.2, -0.15) is 0 Å². The Morgan fingerprint density at radius 3 is 2.14 bits per heavy atom. The Bertz CT molecular complexity index is 1500. The Hall–Kier alpha value is -4.05. The highest BCUT2D eigenvalue weighted by atomic mass is 32.2. The van der Waals surface area contributed by atoms with Crippen molar-refractivity contribution in [3.8, 4) is 11.5 Å². The van der Waals surface area contributed by atoms with Gasteiger partial charge in [0.1, 0.15) is 12.6 Å². The van der Waals surface area contributed by atoms with Crippen LogP contribution in [0.15, 0.2) is 65.6 Å². The molecular weight excluding hydrogens is 554 g/mol. The summed E-state index contributed by atoms with van der Waals surface area (Å²) in [4.78, 5) is 28.5. The lowest BCUT2D eigenvalue weighted by Gasteiger charge is -2.32. The fourth-order valence-corrected chi connectivity index (χ4v) is 6.13. The zero-order chi connectivity index (χ0) is 31.0. The molecule has 0 fully saturated rings. The first kappa shape index (κ1) is 32.5. The molecule has 1 atom stereocenters. The van der Waals surface area contributed by atoms with Crippen molar-refractivity contribution in [3.63, 3.8) is 0 Å². The fourth-order valence-electron chi connectivity index (χ4n) is 4.71. The highest BCUT2D eigenvalue weighted by molar-refractivity contribution is 7.92. The molecule has 3 aromatic carbocycles. The molecule has 0 aliphatic carbocycles. The summed E-state index contributed by atoms with van der Waals surface area (Å²) >= 11 is 0. The lowest BCUT2D eigenvalue weighted by molar-refractivity contribution is -0.139. The predicted molar refractivity (Wildman–Crippen MR) is 164 cm³/mol. The second-order valence-corrected chi connectivity index (χ2v) is 12.2. The molecule has 2 amide bonds. The van der Waals surface area contributed by atoms with E-state index in [0.717, 1.165) is 33.0 Å². The van der Waals surface area contributed by atoms with Crippen LogP contribution in [0.4, 0.5) is 5.69 Å².